The van der Waals surface area contributed by atoms with Crippen LogP contribution < -0.4 is 16.0 Å². The van der Waals surface area contributed by atoms with Gasteiger partial charge in [-0.25, -0.2) is 0 Å². The van der Waals surface area contributed by atoms with Crippen LogP contribution >= 0.6 is 0 Å². The van der Waals surface area contributed by atoms with E-state index in [1.807, 2.05) is 18.2 Å². The van der Waals surface area contributed by atoms with Gasteiger partial charge in [-0.2, -0.15) is 0 Å². The van der Waals surface area contributed by atoms with E-state index in [4.69, 9.17) is 0 Å². The van der Waals surface area contributed by atoms with E-state index in [0.717, 1.165) is 16.3 Å². The molecule has 0 bridgehead atoms. The van der Waals surface area contributed by atoms with E-state index in [2.05, 4.69) is 45.1 Å². The average molecular weight is 382 g/mol. The largest absolute Gasteiger partial charge is 0.355 e. The number of amides is 3. The van der Waals surface area contributed by atoms with Crippen molar-refractivity contribution in [3.8, 4) is 0 Å². The van der Waals surface area contributed by atoms with Gasteiger partial charge in [-0.15, -0.1) is 0 Å². The monoisotopic (exact) mass is 382 g/mol. The van der Waals surface area contributed by atoms with Crippen LogP contribution in [-0.4, -0.2) is 54.8 Å². The minimum absolute atomic E-state index is 0.0939. The summed E-state index contributed by atoms with van der Waals surface area (Å²) in [6.07, 6.45) is 0.0939. The van der Waals surface area contributed by atoms with Crippen molar-refractivity contribution in [3.05, 3.63) is 48.0 Å². The molecule has 0 radical (unpaired) electrons. The van der Waals surface area contributed by atoms with Gasteiger partial charge in [0.15, 0.2) is 0 Å². The predicted octanol–water partition coefficient (Wildman–Crippen LogP) is 0.783. The van der Waals surface area contributed by atoms with Crippen LogP contribution in [0.4, 0.5) is 0 Å². The second kappa shape index (κ2) is 9.32. The molecule has 7 heteroatoms. The van der Waals surface area contributed by atoms with Gasteiger partial charge in [0.2, 0.25) is 17.7 Å². The van der Waals surface area contributed by atoms with Gasteiger partial charge in [0, 0.05) is 39.6 Å². The number of hydrogen-bond donors (Lipinski definition) is 3. The molecule has 3 amide bonds. The molecule has 0 aromatic heterocycles. The lowest BCUT2D eigenvalue weighted by Gasteiger charge is -2.35. The summed E-state index contributed by atoms with van der Waals surface area (Å²) in [6, 6.07) is 13.8. The minimum atomic E-state index is -0.506. The predicted molar refractivity (Wildman–Crippen MR) is 107 cm³/mol. The van der Waals surface area contributed by atoms with Crippen LogP contribution in [0.2, 0.25) is 0 Å². The second-order valence-corrected chi connectivity index (χ2v) is 6.95. The van der Waals surface area contributed by atoms with Crippen molar-refractivity contribution in [2.45, 2.75) is 25.9 Å². The summed E-state index contributed by atoms with van der Waals surface area (Å²) in [5.41, 5.74) is 1.14. The molecule has 1 fully saturated rings. The molecule has 2 aromatic rings. The van der Waals surface area contributed by atoms with Crippen LogP contribution in [-0.2, 0) is 20.9 Å². The number of carbonyl (C=O) groups is 3. The first-order valence-electron chi connectivity index (χ1n) is 9.54. The van der Waals surface area contributed by atoms with Crippen molar-refractivity contribution in [2.24, 2.45) is 0 Å². The van der Waals surface area contributed by atoms with Crippen molar-refractivity contribution in [1.82, 2.24) is 20.9 Å². The van der Waals surface area contributed by atoms with Gasteiger partial charge in [-0.05, 0) is 16.3 Å². The van der Waals surface area contributed by atoms with Gasteiger partial charge in [0.05, 0.1) is 12.5 Å². The standard InChI is InChI=1S/C21H26N4O3/c1-15(26)22-9-10-23-20(27)13-19-21(28)24-11-12-25(19)14-17-7-4-6-16-5-2-3-8-18(16)17/h2-8,19H,9-14H2,1H3,(H,22,26)(H,23,27)(H,24,28)/t19-/m0/s1. The number of nitrogens with zero attached hydrogens (tertiary/aromatic N) is 1. The average Bonchev–Trinajstić information content (AvgIpc) is 2.68. The van der Waals surface area contributed by atoms with Crippen LogP contribution in [0.5, 0.6) is 0 Å². The summed E-state index contributed by atoms with van der Waals surface area (Å²) in [5.74, 6) is -0.457. The highest BCUT2D eigenvalue weighted by molar-refractivity contribution is 5.89. The molecule has 1 aliphatic rings. The lowest BCUT2D eigenvalue weighted by molar-refractivity contribution is -0.134. The Bertz CT molecular complexity index is 862. The molecule has 0 aliphatic carbocycles. The third-order valence-electron chi connectivity index (χ3n) is 4.89. The number of carbonyl (C=O) groups excluding carboxylic acids is 3. The van der Waals surface area contributed by atoms with Crippen molar-refractivity contribution < 1.29 is 14.4 Å². The van der Waals surface area contributed by atoms with Gasteiger partial charge in [0.1, 0.15) is 0 Å². The molecular formula is C21H26N4O3. The third-order valence-corrected chi connectivity index (χ3v) is 4.89. The number of fused-ring (bicyclic) bond motifs is 1. The van der Waals surface area contributed by atoms with Gasteiger partial charge >= 0.3 is 0 Å². The van der Waals surface area contributed by atoms with Gasteiger partial charge in [-0.1, -0.05) is 42.5 Å². The molecule has 28 heavy (non-hydrogen) atoms. The molecular weight excluding hydrogens is 356 g/mol. The van der Waals surface area contributed by atoms with E-state index in [1.54, 1.807) is 0 Å². The first kappa shape index (κ1) is 19.8. The van der Waals surface area contributed by atoms with Gasteiger partial charge in [-0.3, -0.25) is 19.3 Å². The van der Waals surface area contributed by atoms with Gasteiger partial charge < -0.3 is 16.0 Å². The SMILES string of the molecule is CC(=O)NCCNC(=O)C[C@H]1C(=O)NCCN1Cc1cccc2ccccc12. The smallest absolute Gasteiger partial charge is 0.237 e. The summed E-state index contributed by atoms with van der Waals surface area (Å²) in [7, 11) is 0. The number of piperazine rings is 1. The summed E-state index contributed by atoms with van der Waals surface area (Å²) < 4.78 is 0. The van der Waals surface area contributed by atoms with Gasteiger partial charge in [0.25, 0.3) is 0 Å². The molecule has 1 atom stereocenters. The van der Waals surface area contributed by atoms with Crippen molar-refractivity contribution >= 4 is 28.5 Å². The Morgan fingerprint density at radius 2 is 1.86 bits per heavy atom. The van der Waals surface area contributed by atoms with E-state index in [-0.39, 0.29) is 24.1 Å². The van der Waals surface area contributed by atoms with Crippen LogP contribution in [0.1, 0.15) is 18.9 Å². The van der Waals surface area contributed by atoms with E-state index in [9.17, 15) is 14.4 Å². The van der Waals surface area contributed by atoms with Crippen molar-refractivity contribution in [2.75, 3.05) is 26.2 Å². The quantitative estimate of drug-likeness (QED) is 0.618. The van der Waals surface area contributed by atoms with Crippen molar-refractivity contribution in [1.29, 1.82) is 0 Å². The van der Waals surface area contributed by atoms with E-state index in [0.29, 0.717) is 32.7 Å². The number of nitrogens with one attached hydrogen (secondary N) is 3. The Hall–Kier alpha value is -2.93. The highest BCUT2D eigenvalue weighted by Gasteiger charge is 2.31. The molecule has 1 aliphatic heterocycles. The molecule has 7 nitrogen and oxygen atoms in total. The molecule has 148 valence electrons. The van der Waals surface area contributed by atoms with Crippen LogP contribution in [0.3, 0.4) is 0 Å². The highest BCUT2D eigenvalue weighted by atomic mass is 16.2. The Labute approximate surface area is 164 Å². The topological polar surface area (TPSA) is 90.5 Å². The maximum Gasteiger partial charge on any atom is 0.237 e. The molecule has 0 saturated carbocycles. The Balaban J connectivity index is 1.66. The maximum atomic E-state index is 12.4. The zero-order valence-electron chi connectivity index (χ0n) is 16.0. The lowest BCUT2D eigenvalue weighted by Crippen LogP contribution is -2.56. The lowest BCUT2D eigenvalue weighted by atomic mass is 10.0. The van der Waals surface area contributed by atoms with E-state index < -0.39 is 6.04 Å². The number of benzene rings is 2. The van der Waals surface area contributed by atoms with Crippen LogP contribution in [0.15, 0.2) is 42.5 Å². The molecule has 1 heterocycles. The molecule has 0 spiro atoms. The van der Waals surface area contributed by atoms with Crippen LogP contribution in [0, 0.1) is 0 Å². The summed E-state index contributed by atoms with van der Waals surface area (Å²) in [6.45, 7) is 4.02. The maximum absolute atomic E-state index is 12.4. The minimum Gasteiger partial charge on any atom is -0.355 e. The number of hydrogen-bond acceptors (Lipinski definition) is 4. The van der Waals surface area contributed by atoms with Crippen LogP contribution in [0.25, 0.3) is 10.8 Å². The fourth-order valence-electron chi connectivity index (χ4n) is 3.51. The first-order valence-corrected chi connectivity index (χ1v) is 9.54. The zero-order valence-corrected chi connectivity index (χ0v) is 16.0. The normalized spacial score (nSPS) is 17.2. The molecule has 3 rings (SSSR count). The molecule has 3 N–H and O–H groups in total. The zero-order chi connectivity index (χ0) is 19.9. The Morgan fingerprint density at radius 1 is 1.11 bits per heavy atom. The third kappa shape index (κ3) is 5.07. The highest BCUT2D eigenvalue weighted by Crippen LogP contribution is 2.22. The molecule has 1 saturated heterocycles. The summed E-state index contributed by atoms with van der Waals surface area (Å²) in [5, 5.41) is 10.6. The fourth-order valence-corrected chi connectivity index (χ4v) is 3.51. The fraction of sp³-hybridized carbons (Fsp3) is 0.381. The Morgan fingerprint density at radius 3 is 2.68 bits per heavy atom. The Kier molecular flexibility index (Phi) is 6.60. The molecule has 0 unspecified atom stereocenters. The van der Waals surface area contributed by atoms with E-state index >= 15 is 0 Å². The second-order valence-electron chi connectivity index (χ2n) is 6.95. The van der Waals surface area contributed by atoms with E-state index in [1.165, 1.54) is 6.92 Å². The van der Waals surface area contributed by atoms with Crippen molar-refractivity contribution in [3.63, 3.8) is 0 Å². The summed E-state index contributed by atoms with van der Waals surface area (Å²) in [4.78, 5) is 37.6. The summed E-state index contributed by atoms with van der Waals surface area (Å²) >= 11 is 0. The first-order chi connectivity index (χ1) is 13.5. The molecule has 2 aromatic carbocycles. The number of rotatable bonds is 7.